The van der Waals surface area contributed by atoms with Crippen LogP contribution in [0.2, 0.25) is 0 Å². The van der Waals surface area contributed by atoms with Gasteiger partial charge < -0.3 is 19.9 Å². The second kappa shape index (κ2) is 9.87. The molecule has 0 aliphatic carbocycles. The SMILES string of the molecule is C[C@@H]1OC(=O)[C@@H](N)COC[C@H](Cc2ccccc2)[C@H]1OC/C=C/C(F)(F)F. The van der Waals surface area contributed by atoms with Gasteiger partial charge in [0.05, 0.1) is 25.9 Å². The Kier molecular flexibility index (Phi) is 7.82. The number of nitrogens with two attached hydrogens (primary N) is 1. The van der Waals surface area contributed by atoms with Crippen LogP contribution in [-0.2, 0) is 25.4 Å². The predicted molar refractivity (Wildman–Crippen MR) is 92.9 cm³/mol. The minimum atomic E-state index is -4.40. The summed E-state index contributed by atoms with van der Waals surface area (Å²) < 4.78 is 53.4. The van der Waals surface area contributed by atoms with Crippen molar-refractivity contribution in [3.8, 4) is 0 Å². The number of carbonyl (C=O) groups is 1. The lowest BCUT2D eigenvalue weighted by Crippen LogP contribution is -2.41. The number of alkyl halides is 3. The maximum absolute atomic E-state index is 12.3. The quantitative estimate of drug-likeness (QED) is 0.621. The fourth-order valence-electron chi connectivity index (χ4n) is 2.94. The molecule has 0 bridgehead atoms. The first-order valence-electron chi connectivity index (χ1n) is 8.70. The summed E-state index contributed by atoms with van der Waals surface area (Å²) in [5, 5.41) is 0. The van der Waals surface area contributed by atoms with Crippen LogP contribution in [0.15, 0.2) is 42.5 Å². The summed E-state index contributed by atoms with van der Waals surface area (Å²) >= 11 is 0. The van der Waals surface area contributed by atoms with Crippen LogP contribution in [0, 0.1) is 5.92 Å². The molecule has 150 valence electrons. The highest BCUT2D eigenvalue weighted by atomic mass is 19.4. The Balaban J connectivity index is 2.15. The van der Waals surface area contributed by atoms with E-state index in [1.807, 2.05) is 30.3 Å². The van der Waals surface area contributed by atoms with E-state index in [4.69, 9.17) is 19.9 Å². The number of allylic oxidation sites excluding steroid dienone is 1. The van der Waals surface area contributed by atoms with E-state index in [1.165, 1.54) is 0 Å². The fourth-order valence-corrected chi connectivity index (χ4v) is 2.94. The number of cyclic esters (lactones) is 1. The van der Waals surface area contributed by atoms with Crippen LogP contribution in [0.5, 0.6) is 0 Å². The van der Waals surface area contributed by atoms with Gasteiger partial charge in [0.1, 0.15) is 12.1 Å². The zero-order chi connectivity index (χ0) is 19.9. The predicted octanol–water partition coefficient (Wildman–Crippen LogP) is 2.64. The third-order valence-electron chi connectivity index (χ3n) is 4.19. The number of hydrogen-bond donors (Lipinski definition) is 1. The van der Waals surface area contributed by atoms with E-state index in [1.54, 1.807) is 6.92 Å². The molecule has 0 unspecified atom stereocenters. The summed E-state index contributed by atoms with van der Waals surface area (Å²) in [6, 6.07) is 8.65. The minimum absolute atomic E-state index is 0.0114. The fraction of sp³-hybridized carbons (Fsp3) is 0.526. The molecule has 2 N–H and O–H groups in total. The molecule has 2 rings (SSSR count). The number of rotatable bonds is 5. The highest BCUT2D eigenvalue weighted by Crippen LogP contribution is 2.23. The first kappa shape index (κ1) is 21.4. The number of hydrogen-bond acceptors (Lipinski definition) is 5. The molecule has 1 saturated heterocycles. The van der Waals surface area contributed by atoms with E-state index < -0.39 is 30.4 Å². The van der Waals surface area contributed by atoms with Crippen LogP contribution in [0.1, 0.15) is 12.5 Å². The zero-order valence-electron chi connectivity index (χ0n) is 15.0. The molecule has 1 fully saturated rings. The van der Waals surface area contributed by atoms with Crippen LogP contribution in [0.3, 0.4) is 0 Å². The molecule has 4 atom stereocenters. The Bertz CT molecular complexity index is 621. The largest absolute Gasteiger partial charge is 0.459 e. The van der Waals surface area contributed by atoms with Crippen molar-refractivity contribution >= 4 is 5.97 Å². The zero-order valence-corrected chi connectivity index (χ0v) is 15.0. The molecule has 1 aliphatic rings. The Hall–Kier alpha value is -1.90. The lowest BCUT2D eigenvalue weighted by molar-refractivity contribution is -0.158. The number of esters is 1. The van der Waals surface area contributed by atoms with E-state index in [9.17, 15) is 18.0 Å². The summed E-state index contributed by atoms with van der Waals surface area (Å²) in [4.78, 5) is 12.0. The van der Waals surface area contributed by atoms with Gasteiger partial charge in [-0.1, -0.05) is 36.4 Å². The summed E-state index contributed by atoms with van der Waals surface area (Å²) in [7, 11) is 0. The van der Waals surface area contributed by atoms with Crippen molar-refractivity contribution < 1.29 is 32.2 Å². The molecule has 0 amide bonds. The van der Waals surface area contributed by atoms with E-state index >= 15 is 0 Å². The van der Waals surface area contributed by atoms with Crippen molar-refractivity contribution in [3.05, 3.63) is 48.0 Å². The molecule has 5 nitrogen and oxygen atoms in total. The van der Waals surface area contributed by atoms with Gasteiger partial charge >= 0.3 is 12.1 Å². The van der Waals surface area contributed by atoms with Gasteiger partial charge in [0, 0.05) is 12.0 Å². The van der Waals surface area contributed by atoms with Gasteiger partial charge in [0.15, 0.2) is 0 Å². The molecule has 27 heavy (non-hydrogen) atoms. The molecule has 1 aliphatic heterocycles. The molecule has 1 heterocycles. The smallest absolute Gasteiger partial charge is 0.409 e. The second-order valence-corrected chi connectivity index (χ2v) is 6.48. The number of carbonyl (C=O) groups excluding carboxylic acids is 1. The highest BCUT2D eigenvalue weighted by Gasteiger charge is 2.34. The van der Waals surface area contributed by atoms with Crippen molar-refractivity contribution in [2.75, 3.05) is 19.8 Å². The lowest BCUT2D eigenvalue weighted by Gasteiger charge is -2.30. The van der Waals surface area contributed by atoms with Crippen molar-refractivity contribution in [1.82, 2.24) is 0 Å². The summed E-state index contributed by atoms with van der Waals surface area (Å²) in [6.45, 7) is 1.64. The first-order valence-corrected chi connectivity index (χ1v) is 8.70. The highest BCUT2D eigenvalue weighted by molar-refractivity contribution is 5.75. The molecule has 0 aromatic heterocycles. The summed E-state index contributed by atoms with van der Waals surface area (Å²) in [5.41, 5.74) is 6.74. The Labute approximate surface area is 156 Å². The maximum atomic E-state index is 12.3. The van der Waals surface area contributed by atoms with Crippen LogP contribution < -0.4 is 5.73 Å². The van der Waals surface area contributed by atoms with Gasteiger partial charge in [-0.25, -0.2) is 0 Å². The first-order chi connectivity index (χ1) is 12.8. The number of ether oxygens (including phenoxy) is 3. The summed E-state index contributed by atoms with van der Waals surface area (Å²) in [6.07, 6.45) is -4.15. The monoisotopic (exact) mass is 387 g/mol. The third-order valence-corrected chi connectivity index (χ3v) is 4.19. The van der Waals surface area contributed by atoms with Gasteiger partial charge in [0.25, 0.3) is 0 Å². The van der Waals surface area contributed by atoms with Crippen LogP contribution >= 0.6 is 0 Å². The average molecular weight is 387 g/mol. The van der Waals surface area contributed by atoms with Gasteiger partial charge in [-0.05, 0) is 18.9 Å². The van der Waals surface area contributed by atoms with Crippen molar-refractivity contribution in [2.45, 2.75) is 37.8 Å². The van der Waals surface area contributed by atoms with E-state index in [-0.39, 0.29) is 31.8 Å². The van der Waals surface area contributed by atoms with Crippen molar-refractivity contribution in [3.63, 3.8) is 0 Å². The second-order valence-electron chi connectivity index (χ2n) is 6.48. The van der Waals surface area contributed by atoms with Crippen LogP contribution in [-0.4, -0.2) is 50.2 Å². The van der Waals surface area contributed by atoms with Gasteiger partial charge in [-0.2, -0.15) is 13.2 Å². The Morgan fingerprint density at radius 3 is 2.63 bits per heavy atom. The molecule has 8 heteroatoms. The van der Waals surface area contributed by atoms with Crippen LogP contribution in [0.4, 0.5) is 13.2 Å². The van der Waals surface area contributed by atoms with E-state index in [0.29, 0.717) is 6.42 Å². The third kappa shape index (κ3) is 7.32. The topological polar surface area (TPSA) is 70.8 Å². The van der Waals surface area contributed by atoms with Gasteiger partial charge in [0.2, 0.25) is 0 Å². The standard InChI is InChI=1S/C19H24F3NO4/c1-13-17(26-9-5-8-19(20,21)22)15(10-14-6-3-2-4-7-14)11-25-12-16(23)18(24)27-13/h2-8,13,15-17H,9-12,23H2,1H3/b8-5+/t13-,15-,16-,17-/m0/s1. The molecule has 1 aromatic rings. The molecule has 0 spiro atoms. The molecular weight excluding hydrogens is 363 g/mol. The van der Waals surface area contributed by atoms with E-state index in [2.05, 4.69) is 0 Å². The Morgan fingerprint density at radius 1 is 1.26 bits per heavy atom. The molecular formula is C19H24F3NO4. The van der Waals surface area contributed by atoms with Crippen molar-refractivity contribution in [2.24, 2.45) is 11.7 Å². The number of benzene rings is 1. The van der Waals surface area contributed by atoms with Crippen LogP contribution in [0.25, 0.3) is 0 Å². The van der Waals surface area contributed by atoms with E-state index in [0.717, 1.165) is 11.6 Å². The molecule has 0 radical (unpaired) electrons. The maximum Gasteiger partial charge on any atom is 0.409 e. The minimum Gasteiger partial charge on any atom is -0.459 e. The molecule has 1 aromatic carbocycles. The molecule has 0 saturated carbocycles. The Morgan fingerprint density at radius 2 is 1.96 bits per heavy atom. The number of halogens is 3. The van der Waals surface area contributed by atoms with Crippen molar-refractivity contribution in [1.29, 1.82) is 0 Å². The normalized spacial score (nSPS) is 27.7. The lowest BCUT2D eigenvalue weighted by atomic mass is 9.91. The van der Waals surface area contributed by atoms with Gasteiger partial charge in [-0.3, -0.25) is 4.79 Å². The average Bonchev–Trinajstić information content (AvgIpc) is 2.64. The summed E-state index contributed by atoms with van der Waals surface area (Å²) in [5.74, 6) is -0.845. The van der Waals surface area contributed by atoms with Gasteiger partial charge in [-0.15, -0.1) is 0 Å².